The van der Waals surface area contributed by atoms with E-state index in [1.807, 2.05) is 19.1 Å². The zero-order chi connectivity index (χ0) is 19.4. The van der Waals surface area contributed by atoms with Gasteiger partial charge < -0.3 is 5.32 Å². The summed E-state index contributed by atoms with van der Waals surface area (Å²) in [6.07, 6.45) is 4.67. The summed E-state index contributed by atoms with van der Waals surface area (Å²) >= 11 is 0. The van der Waals surface area contributed by atoms with E-state index in [2.05, 4.69) is 10.0 Å². The molecule has 2 N–H and O–H groups in total. The van der Waals surface area contributed by atoms with Crippen LogP contribution >= 0.6 is 0 Å². The molecule has 0 spiro atoms. The lowest BCUT2D eigenvalue weighted by Crippen LogP contribution is -2.36. The molecule has 7 heteroatoms. The molecule has 1 amide bonds. The van der Waals surface area contributed by atoms with Crippen LogP contribution in [-0.4, -0.2) is 20.4 Å². The van der Waals surface area contributed by atoms with E-state index in [4.69, 9.17) is 0 Å². The van der Waals surface area contributed by atoms with Gasteiger partial charge in [0.05, 0.1) is 10.5 Å². The summed E-state index contributed by atoms with van der Waals surface area (Å²) in [7, 11) is -3.81. The second kappa shape index (κ2) is 8.19. The maximum atomic E-state index is 14.2. The number of hydrogen-bond acceptors (Lipinski definition) is 3. The lowest BCUT2D eigenvalue weighted by molar-refractivity contribution is 0.102. The number of sulfonamides is 1. The number of benzene rings is 2. The highest BCUT2D eigenvalue weighted by Crippen LogP contribution is 2.22. The van der Waals surface area contributed by atoms with Crippen molar-refractivity contribution in [2.45, 2.75) is 50.0 Å². The second-order valence-electron chi connectivity index (χ2n) is 6.92. The molecule has 0 heterocycles. The van der Waals surface area contributed by atoms with E-state index in [1.165, 1.54) is 6.07 Å². The molecule has 1 saturated carbocycles. The molecule has 0 bridgehead atoms. The van der Waals surface area contributed by atoms with Gasteiger partial charge in [-0.25, -0.2) is 17.5 Å². The molecule has 5 nitrogen and oxygen atoms in total. The van der Waals surface area contributed by atoms with Crippen molar-refractivity contribution in [3.63, 3.8) is 0 Å². The summed E-state index contributed by atoms with van der Waals surface area (Å²) < 4.78 is 42.1. The van der Waals surface area contributed by atoms with Gasteiger partial charge in [0.25, 0.3) is 5.91 Å². The second-order valence-corrected chi connectivity index (χ2v) is 8.63. The average molecular weight is 390 g/mol. The van der Waals surface area contributed by atoms with Crippen LogP contribution < -0.4 is 10.0 Å². The third kappa shape index (κ3) is 4.93. The molecule has 144 valence electrons. The minimum Gasteiger partial charge on any atom is -0.322 e. The van der Waals surface area contributed by atoms with Gasteiger partial charge in [0.1, 0.15) is 5.82 Å². The molecule has 0 saturated heterocycles. The van der Waals surface area contributed by atoms with Crippen molar-refractivity contribution < 1.29 is 17.6 Å². The third-order valence-corrected chi connectivity index (χ3v) is 6.25. The molecule has 1 aliphatic rings. The van der Waals surface area contributed by atoms with E-state index in [9.17, 15) is 17.6 Å². The predicted octanol–water partition coefficient (Wildman–Crippen LogP) is 4.00. The molecule has 0 unspecified atom stereocenters. The molecule has 2 aromatic rings. The van der Waals surface area contributed by atoms with E-state index >= 15 is 0 Å². The summed E-state index contributed by atoms with van der Waals surface area (Å²) in [6.45, 7) is 1.92. The fraction of sp³-hybridized carbons (Fsp3) is 0.350. The summed E-state index contributed by atoms with van der Waals surface area (Å²) in [5.41, 5.74) is 1.24. The first-order valence-electron chi connectivity index (χ1n) is 9.05. The van der Waals surface area contributed by atoms with Crippen molar-refractivity contribution in [2.75, 3.05) is 5.32 Å². The number of nitrogens with one attached hydrogen (secondary N) is 2. The van der Waals surface area contributed by atoms with E-state index in [0.29, 0.717) is 5.69 Å². The number of rotatable bonds is 5. The molecular weight excluding hydrogens is 367 g/mol. The Bertz CT molecular complexity index is 921. The fourth-order valence-corrected chi connectivity index (χ4v) is 4.52. The van der Waals surface area contributed by atoms with Crippen molar-refractivity contribution >= 4 is 21.6 Å². The summed E-state index contributed by atoms with van der Waals surface area (Å²) in [6, 6.07) is 10.2. The molecule has 1 fully saturated rings. The van der Waals surface area contributed by atoms with Gasteiger partial charge in [0.15, 0.2) is 0 Å². The van der Waals surface area contributed by atoms with Crippen LogP contribution in [0.25, 0.3) is 0 Å². The normalized spacial score (nSPS) is 15.5. The largest absolute Gasteiger partial charge is 0.322 e. The first-order valence-corrected chi connectivity index (χ1v) is 10.5. The Balaban J connectivity index is 1.80. The molecule has 0 atom stereocenters. The topological polar surface area (TPSA) is 75.3 Å². The average Bonchev–Trinajstić information content (AvgIpc) is 2.64. The zero-order valence-corrected chi connectivity index (χ0v) is 16.0. The fourth-order valence-electron chi connectivity index (χ4n) is 3.19. The molecular formula is C20H23FN2O3S. The first kappa shape index (κ1) is 19.5. The maximum Gasteiger partial charge on any atom is 0.258 e. The van der Waals surface area contributed by atoms with Crippen LogP contribution in [-0.2, 0) is 10.0 Å². The smallest absolute Gasteiger partial charge is 0.258 e. The standard InChI is InChI=1S/C20H23FN2O3S/c1-14-7-9-15(10-8-14)22-20(24)18-13-17(11-12-19(18)21)27(25,26)23-16-5-3-2-4-6-16/h7-13,16,23H,2-6H2,1H3,(H,22,24). The van der Waals surface area contributed by atoms with Crippen molar-refractivity contribution in [3.8, 4) is 0 Å². The first-order chi connectivity index (χ1) is 12.8. The van der Waals surface area contributed by atoms with Gasteiger partial charge in [-0.05, 0) is 50.1 Å². The van der Waals surface area contributed by atoms with Crippen LogP contribution in [0.3, 0.4) is 0 Å². The van der Waals surface area contributed by atoms with Gasteiger partial charge in [-0.3, -0.25) is 4.79 Å². The number of hydrogen-bond donors (Lipinski definition) is 2. The summed E-state index contributed by atoms with van der Waals surface area (Å²) in [5.74, 6) is -1.46. The highest BCUT2D eigenvalue weighted by molar-refractivity contribution is 7.89. The van der Waals surface area contributed by atoms with Crippen LogP contribution in [0, 0.1) is 12.7 Å². The quantitative estimate of drug-likeness (QED) is 0.810. The van der Waals surface area contributed by atoms with Crippen LogP contribution in [0.15, 0.2) is 47.4 Å². The minimum atomic E-state index is -3.81. The molecule has 0 aromatic heterocycles. The van der Waals surface area contributed by atoms with Crippen LogP contribution in [0.4, 0.5) is 10.1 Å². The van der Waals surface area contributed by atoms with Crippen molar-refractivity contribution in [3.05, 3.63) is 59.4 Å². The van der Waals surface area contributed by atoms with Gasteiger partial charge in [-0.15, -0.1) is 0 Å². The zero-order valence-electron chi connectivity index (χ0n) is 15.2. The predicted molar refractivity (Wildman–Crippen MR) is 103 cm³/mol. The van der Waals surface area contributed by atoms with Gasteiger partial charge in [0, 0.05) is 11.7 Å². The molecule has 1 aliphatic carbocycles. The Morgan fingerprint density at radius 1 is 1.04 bits per heavy atom. The number of carbonyl (C=O) groups is 1. The van der Waals surface area contributed by atoms with E-state index < -0.39 is 21.7 Å². The van der Waals surface area contributed by atoms with Crippen LogP contribution in [0.5, 0.6) is 0 Å². The van der Waals surface area contributed by atoms with Crippen molar-refractivity contribution in [1.29, 1.82) is 0 Å². The van der Waals surface area contributed by atoms with Gasteiger partial charge in [-0.1, -0.05) is 37.0 Å². The minimum absolute atomic E-state index is 0.108. The molecule has 2 aromatic carbocycles. The molecule has 27 heavy (non-hydrogen) atoms. The molecule has 3 rings (SSSR count). The Labute approximate surface area is 159 Å². The number of anilines is 1. The van der Waals surface area contributed by atoms with Gasteiger partial charge >= 0.3 is 0 Å². The third-order valence-electron chi connectivity index (χ3n) is 4.73. The number of carbonyl (C=O) groups excluding carboxylic acids is 1. The van der Waals surface area contributed by atoms with E-state index in [-0.39, 0.29) is 16.5 Å². The maximum absolute atomic E-state index is 14.2. The Morgan fingerprint density at radius 3 is 2.37 bits per heavy atom. The highest BCUT2D eigenvalue weighted by atomic mass is 32.2. The number of halogens is 1. The summed E-state index contributed by atoms with van der Waals surface area (Å²) in [4.78, 5) is 12.3. The Kier molecular flexibility index (Phi) is 5.92. The van der Waals surface area contributed by atoms with Crippen molar-refractivity contribution in [1.82, 2.24) is 4.72 Å². The van der Waals surface area contributed by atoms with Gasteiger partial charge in [0.2, 0.25) is 10.0 Å². The Morgan fingerprint density at radius 2 is 1.70 bits per heavy atom. The lowest BCUT2D eigenvalue weighted by atomic mass is 9.96. The number of aryl methyl sites for hydroxylation is 1. The number of amides is 1. The SMILES string of the molecule is Cc1ccc(NC(=O)c2cc(S(=O)(=O)NC3CCCCC3)ccc2F)cc1. The highest BCUT2D eigenvalue weighted by Gasteiger charge is 2.24. The van der Waals surface area contributed by atoms with Crippen LogP contribution in [0.1, 0.15) is 48.0 Å². The lowest BCUT2D eigenvalue weighted by Gasteiger charge is -2.22. The molecule has 0 radical (unpaired) electrons. The van der Waals surface area contributed by atoms with Crippen molar-refractivity contribution in [2.24, 2.45) is 0 Å². The monoisotopic (exact) mass is 390 g/mol. The molecule has 0 aliphatic heterocycles. The Hall–Kier alpha value is -2.25. The summed E-state index contributed by atoms with van der Waals surface area (Å²) in [5, 5.41) is 2.59. The van der Waals surface area contributed by atoms with E-state index in [0.717, 1.165) is 49.8 Å². The van der Waals surface area contributed by atoms with Gasteiger partial charge in [-0.2, -0.15) is 0 Å². The van der Waals surface area contributed by atoms with E-state index in [1.54, 1.807) is 12.1 Å². The van der Waals surface area contributed by atoms with Crippen LogP contribution in [0.2, 0.25) is 0 Å².